The molecule has 5 nitrogen and oxygen atoms in total. The lowest BCUT2D eigenvalue weighted by molar-refractivity contribution is -0.112. The number of nitrogens with zero attached hydrogens (tertiary/aromatic N) is 1. The highest BCUT2D eigenvalue weighted by molar-refractivity contribution is 6.31. The van der Waals surface area contributed by atoms with E-state index in [9.17, 15) is 10.1 Å². The molecule has 0 aromatic heterocycles. The first-order chi connectivity index (χ1) is 13.8. The van der Waals surface area contributed by atoms with Crippen LogP contribution in [0, 0.1) is 24.2 Å². The van der Waals surface area contributed by atoms with Gasteiger partial charge in [0.15, 0.2) is 11.5 Å². The number of hydrogen-bond acceptors (Lipinski definition) is 4. The molecule has 1 N–H and O–H groups in total. The summed E-state index contributed by atoms with van der Waals surface area (Å²) in [7, 11) is 1.55. The zero-order valence-corrected chi connectivity index (χ0v) is 17.8. The van der Waals surface area contributed by atoms with Crippen LogP contribution in [0.5, 0.6) is 11.5 Å². The number of carbonyl (C=O) groups is 1. The van der Waals surface area contributed by atoms with Crippen molar-refractivity contribution in [3.05, 3.63) is 58.1 Å². The molecule has 0 unspecified atom stereocenters. The van der Waals surface area contributed by atoms with Gasteiger partial charge >= 0.3 is 0 Å². The summed E-state index contributed by atoms with van der Waals surface area (Å²) >= 11 is 6.09. The zero-order valence-electron chi connectivity index (χ0n) is 17.1. The lowest BCUT2D eigenvalue weighted by Gasteiger charge is -2.12. The first-order valence-corrected chi connectivity index (χ1v) is 9.72. The van der Waals surface area contributed by atoms with E-state index in [4.69, 9.17) is 21.1 Å². The van der Waals surface area contributed by atoms with Crippen molar-refractivity contribution in [2.75, 3.05) is 19.0 Å². The number of hydrogen-bond donors (Lipinski definition) is 1. The van der Waals surface area contributed by atoms with E-state index in [1.54, 1.807) is 50.4 Å². The fraction of sp³-hybridized carbons (Fsp3) is 0.304. The third-order valence-corrected chi connectivity index (χ3v) is 4.74. The van der Waals surface area contributed by atoms with Gasteiger partial charge in [0, 0.05) is 10.7 Å². The number of anilines is 1. The fourth-order valence-corrected chi connectivity index (χ4v) is 2.72. The molecule has 0 saturated carbocycles. The largest absolute Gasteiger partial charge is 0.493 e. The maximum Gasteiger partial charge on any atom is 0.266 e. The van der Waals surface area contributed by atoms with Crippen LogP contribution >= 0.6 is 11.6 Å². The maximum atomic E-state index is 12.5. The lowest BCUT2D eigenvalue weighted by atomic mass is 10.1. The molecule has 2 aromatic carbocycles. The van der Waals surface area contributed by atoms with Crippen molar-refractivity contribution in [1.29, 1.82) is 5.26 Å². The first-order valence-electron chi connectivity index (χ1n) is 9.34. The molecule has 2 aromatic rings. The van der Waals surface area contributed by atoms with E-state index in [0.29, 0.717) is 40.3 Å². The quantitative estimate of drug-likeness (QED) is 0.450. The second-order valence-electron chi connectivity index (χ2n) is 6.98. The molecule has 1 amide bonds. The Labute approximate surface area is 176 Å². The molecule has 2 rings (SSSR count). The van der Waals surface area contributed by atoms with Gasteiger partial charge in [-0.15, -0.1) is 0 Å². The number of amides is 1. The van der Waals surface area contributed by atoms with Crippen molar-refractivity contribution in [3.8, 4) is 17.6 Å². The predicted molar refractivity (Wildman–Crippen MR) is 116 cm³/mol. The molecule has 0 heterocycles. The summed E-state index contributed by atoms with van der Waals surface area (Å²) in [6.07, 6.45) is 2.45. The summed E-state index contributed by atoms with van der Waals surface area (Å²) < 4.78 is 11.2. The Balaban J connectivity index is 2.20. The van der Waals surface area contributed by atoms with Gasteiger partial charge in [-0.3, -0.25) is 4.79 Å². The van der Waals surface area contributed by atoms with Crippen LogP contribution in [0.3, 0.4) is 0 Å². The Morgan fingerprint density at radius 1 is 1.28 bits per heavy atom. The Kier molecular flexibility index (Phi) is 8.11. The van der Waals surface area contributed by atoms with E-state index in [-0.39, 0.29) is 5.57 Å². The molecular weight excluding hydrogens is 388 g/mol. The second-order valence-corrected chi connectivity index (χ2v) is 7.38. The Hall–Kier alpha value is -2.97. The smallest absolute Gasteiger partial charge is 0.266 e. The fourth-order valence-electron chi connectivity index (χ4n) is 2.55. The van der Waals surface area contributed by atoms with Crippen molar-refractivity contribution in [3.63, 3.8) is 0 Å². The molecule has 0 fully saturated rings. The summed E-state index contributed by atoms with van der Waals surface area (Å²) in [5.41, 5.74) is 1.94. The normalized spacial score (nSPS) is 11.1. The van der Waals surface area contributed by atoms with Crippen LogP contribution < -0.4 is 14.8 Å². The Morgan fingerprint density at radius 3 is 2.69 bits per heavy atom. The van der Waals surface area contributed by atoms with Crippen molar-refractivity contribution in [2.24, 2.45) is 5.92 Å². The molecule has 0 saturated heterocycles. The Bertz CT molecular complexity index is 946. The van der Waals surface area contributed by atoms with E-state index < -0.39 is 5.91 Å². The minimum absolute atomic E-state index is 0.0279. The van der Waals surface area contributed by atoms with Gasteiger partial charge in [0.2, 0.25) is 0 Å². The summed E-state index contributed by atoms with van der Waals surface area (Å²) in [5, 5.41) is 12.7. The molecule has 29 heavy (non-hydrogen) atoms. The highest BCUT2D eigenvalue weighted by Gasteiger charge is 2.13. The topological polar surface area (TPSA) is 71.3 Å². The van der Waals surface area contributed by atoms with Gasteiger partial charge in [-0.05, 0) is 60.7 Å². The van der Waals surface area contributed by atoms with E-state index >= 15 is 0 Å². The maximum absolute atomic E-state index is 12.5. The van der Waals surface area contributed by atoms with Crippen LogP contribution in [0.4, 0.5) is 5.69 Å². The van der Waals surface area contributed by atoms with Crippen LogP contribution in [-0.4, -0.2) is 19.6 Å². The van der Waals surface area contributed by atoms with Crippen molar-refractivity contribution >= 4 is 29.3 Å². The average molecular weight is 413 g/mol. The van der Waals surface area contributed by atoms with E-state index in [0.717, 1.165) is 12.0 Å². The molecule has 0 aliphatic rings. The third kappa shape index (κ3) is 6.27. The van der Waals surface area contributed by atoms with Crippen LogP contribution in [0.2, 0.25) is 5.02 Å². The highest BCUT2D eigenvalue weighted by Crippen LogP contribution is 2.29. The summed E-state index contributed by atoms with van der Waals surface area (Å²) in [6.45, 7) is 6.66. The number of nitrogens with one attached hydrogen (secondary N) is 1. The number of ether oxygens (including phenoxy) is 2. The molecule has 0 spiro atoms. The standard InChI is InChI=1S/C23H25ClN2O3/c1-15(2)10-11-29-21-9-8-17(13-22(21)28-4)12-18(14-25)23(27)26-20-7-5-6-19(24)16(20)3/h5-9,12-13,15H,10-11H2,1-4H3,(H,26,27)/b18-12+. The number of carbonyl (C=O) groups excluding carboxylic acids is 1. The van der Waals surface area contributed by atoms with E-state index in [2.05, 4.69) is 19.2 Å². The minimum atomic E-state index is -0.505. The van der Waals surface area contributed by atoms with E-state index in [1.807, 2.05) is 6.07 Å². The van der Waals surface area contributed by atoms with E-state index in [1.165, 1.54) is 6.08 Å². The van der Waals surface area contributed by atoms with Crippen molar-refractivity contribution < 1.29 is 14.3 Å². The SMILES string of the molecule is COc1cc(/C=C(\C#N)C(=O)Nc2cccc(Cl)c2C)ccc1OCCC(C)C. The van der Waals surface area contributed by atoms with Crippen LogP contribution in [-0.2, 0) is 4.79 Å². The third-order valence-electron chi connectivity index (χ3n) is 4.33. The van der Waals surface area contributed by atoms with Gasteiger partial charge in [-0.1, -0.05) is 37.6 Å². The van der Waals surface area contributed by atoms with Crippen molar-refractivity contribution in [1.82, 2.24) is 0 Å². The second kappa shape index (κ2) is 10.5. The average Bonchev–Trinajstić information content (AvgIpc) is 2.69. The summed E-state index contributed by atoms with van der Waals surface area (Å²) in [5.74, 6) is 1.21. The molecule has 0 atom stereocenters. The molecule has 0 aliphatic heterocycles. The molecule has 6 heteroatoms. The highest BCUT2D eigenvalue weighted by atomic mass is 35.5. The summed E-state index contributed by atoms with van der Waals surface area (Å²) in [4.78, 5) is 12.5. The number of rotatable bonds is 8. The monoisotopic (exact) mass is 412 g/mol. The van der Waals surface area contributed by atoms with Crippen molar-refractivity contribution in [2.45, 2.75) is 27.2 Å². The molecule has 0 radical (unpaired) electrons. The molecule has 152 valence electrons. The van der Waals surface area contributed by atoms with Gasteiger partial charge < -0.3 is 14.8 Å². The number of methoxy groups -OCH3 is 1. The number of halogens is 1. The number of nitriles is 1. The van der Waals surface area contributed by atoms with Crippen LogP contribution in [0.15, 0.2) is 42.0 Å². The summed E-state index contributed by atoms with van der Waals surface area (Å²) in [6, 6.07) is 12.5. The first kappa shape index (κ1) is 22.3. The van der Waals surface area contributed by atoms with Gasteiger partial charge in [0.25, 0.3) is 5.91 Å². The minimum Gasteiger partial charge on any atom is -0.493 e. The predicted octanol–water partition coefficient (Wildman–Crippen LogP) is 5.63. The van der Waals surface area contributed by atoms with Gasteiger partial charge in [-0.2, -0.15) is 5.26 Å². The van der Waals surface area contributed by atoms with Gasteiger partial charge in [0.1, 0.15) is 11.6 Å². The number of benzene rings is 2. The molecular formula is C23H25ClN2O3. The zero-order chi connectivity index (χ0) is 21.4. The lowest BCUT2D eigenvalue weighted by Crippen LogP contribution is -2.14. The molecule has 0 aliphatic carbocycles. The van der Waals surface area contributed by atoms with Gasteiger partial charge in [0.05, 0.1) is 13.7 Å². The Morgan fingerprint density at radius 2 is 2.03 bits per heavy atom. The van der Waals surface area contributed by atoms with Crippen LogP contribution in [0.1, 0.15) is 31.4 Å². The van der Waals surface area contributed by atoms with Gasteiger partial charge in [-0.25, -0.2) is 0 Å². The van der Waals surface area contributed by atoms with Crippen LogP contribution in [0.25, 0.3) is 6.08 Å². The molecule has 0 bridgehead atoms.